The van der Waals surface area contributed by atoms with Crippen LogP contribution in [0.2, 0.25) is 5.15 Å². The maximum atomic E-state index is 12.0. The molecule has 9 heteroatoms. The number of nitro benzene ring substituents is 1. The Morgan fingerprint density at radius 3 is 2.96 bits per heavy atom. The number of non-ortho nitro benzene ring substituents is 1. The molecule has 24 heavy (non-hydrogen) atoms. The molecule has 0 unspecified atom stereocenters. The van der Waals surface area contributed by atoms with Gasteiger partial charge in [0.05, 0.1) is 17.1 Å². The summed E-state index contributed by atoms with van der Waals surface area (Å²) in [7, 11) is 0. The molecular formula is C15H11ClN2O6. The fourth-order valence-corrected chi connectivity index (χ4v) is 2.33. The lowest BCUT2D eigenvalue weighted by Crippen LogP contribution is -2.15. The molecule has 2 heterocycles. The van der Waals surface area contributed by atoms with E-state index in [0.717, 1.165) is 0 Å². The number of rotatable bonds is 4. The highest BCUT2D eigenvalue weighted by molar-refractivity contribution is 6.29. The fourth-order valence-electron chi connectivity index (χ4n) is 2.22. The molecule has 0 radical (unpaired) electrons. The van der Waals surface area contributed by atoms with E-state index >= 15 is 0 Å². The van der Waals surface area contributed by atoms with Gasteiger partial charge in [-0.2, -0.15) is 0 Å². The van der Waals surface area contributed by atoms with Gasteiger partial charge in [-0.3, -0.25) is 10.1 Å². The van der Waals surface area contributed by atoms with Gasteiger partial charge >= 0.3 is 5.97 Å². The third kappa shape index (κ3) is 3.44. The highest BCUT2D eigenvalue weighted by Gasteiger charge is 2.22. The maximum Gasteiger partial charge on any atom is 0.340 e. The van der Waals surface area contributed by atoms with Crippen molar-refractivity contribution in [3.05, 3.63) is 62.4 Å². The van der Waals surface area contributed by atoms with Crippen LogP contribution in [0.3, 0.4) is 0 Å². The van der Waals surface area contributed by atoms with E-state index in [9.17, 15) is 14.9 Å². The predicted octanol–water partition coefficient (Wildman–Crippen LogP) is 2.87. The van der Waals surface area contributed by atoms with Gasteiger partial charge in [0.2, 0.25) is 0 Å². The number of nitrogens with zero attached hydrogens (tertiary/aromatic N) is 2. The molecule has 2 aromatic rings. The number of benzene rings is 1. The Morgan fingerprint density at radius 2 is 2.25 bits per heavy atom. The van der Waals surface area contributed by atoms with Crippen LogP contribution in [-0.4, -0.2) is 22.7 Å². The lowest BCUT2D eigenvalue weighted by Gasteiger charge is -2.20. The van der Waals surface area contributed by atoms with Gasteiger partial charge in [0.15, 0.2) is 6.79 Å². The van der Waals surface area contributed by atoms with Crippen molar-refractivity contribution in [3.8, 4) is 5.75 Å². The summed E-state index contributed by atoms with van der Waals surface area (Å²) in [5, 5.41) is 11.3. The highest BCUT2D eigenvalue weighted by atomic mass is 35.5. The van der Waals surface area contributed by atoms with Crippen LogP contribution in [0.25, 0.3) is 0 Å². The number of aromatic nitrogens is 1. The highest BCUT2D eigenvalue weighted by Crippen LogP contribution is 2.33. The quantitative estimate of drug-likeness (QED) is 0.361. The van der Waals surface area contributed by atoms with Crippen LogP contribution in [0.15, 0.2) is 30.5 Å². The molecule has 0 atom stereocenters. The minimum Gasteiger partial charge on any atom is -0.467 e. The molecule has 0 spiro atoms. The number of pyridine rings is 1. The van der Waals surface area contributed by atoms with E-state index in [4.69, 9.17) is 25.8 Å². The van der Waals surface area contributed by atoms with Crippen LogP contribution < -0.4 is 4.74 Å². The summed E-state index contributed by atoms with van der Waals surface area (Å²) in [4.78, 5) is 26.3. The van der Waals surface area contributed by atoms with Crippen LogP contribution in [0.4, 0.5) is 5.69 Å². The average Bonchev–Trinajstić information content (AvgIpc) is 2.59. The standard InChI is InChI=1S/C15H11ClN2O6/c16-13-2-1-9(5-17-13)15(19)23-7-11-4-12(18(20)21)3-10-6-22-8-24-14(10)11/h1-5H,6-8H2. The van der Waals surface area contributed by atoms with Gasteiger partial charge in [0.1, 0.15) is 17.5 Å². The summed E-state index contributed by atoms with van der Waals surface area (Å²) in [6.07, 6.45) is 1.29. The molecular weight excluding hydrogens is 340 g/mol. The first-order valence-electron chi connectivity index (χ1n) is 6.84. The molecule has 0 N–H and O–H groups in total. The second-order valence-electron chi connectivity index (χ2n) is 4.91. The first kappa shape index (κ1) is 16.2. The van der Waals surface area contributed by atoms with Gasteiger partial charge in [-0.1, -0.05) is 11.6 Å². The van der Waals surface area contributed by atoms with Crippen molar-refractivity contribution >= 4 is 23.3 Å². The number of carbonyl (C=O) groups excluding carboxylic acids is 1. The van der Waals surface area contributed by atoms with Gasteiger partial charge in [-0.05, 0) is 12.1 Å². The van der Waals surface area contributed by atoms with E-state index in [1.54, 1.807) is 0 Å². The van der Waals surface area contributed by atoms with Crippen molar-refractivity contribution in [1.82, 2.24) is 4.98 Å². The van der Waals surface area contributed by atoms with Gasteiger partial charge in [0.25, 0.3) is 5.69 Å². The first-order chi connectivity index (χ1) is 11.5. The normalized spacial score (nSPS) is 12.9. The lowest BCUT2D eigenvalue weighted by molar-refractivity contribution is -0.385. The van der Waals surface area contributed by atoms with Gasteiger partial charge < -0.3 is 14.2 Å². The number of ether oxygens (including phenoxy) is 3. The van der Waals surface area contributed by atoms with E-state index in [2.05, 4.69) is 4.98 Å². The number of halogens is 1. The number of hydrogen-bond donors (Lipinski definition) is 0. The summed E-state index contributed by atoms with van der Waals surface area (Å²) in [6.45, 7) is 0.0530. The number of fused-ring (bicyclic) bond motifs is 1. The number of carbonyl (C=O) groups is 1. The molecule has 1 aliphatic rings. The molecule has 0 amide bonds. The van der Waals surface area contributed by atoms with Crippen LogP contribution in [0, 0.1) is 10.1 Å². The second-order valence-corrected chi connectivity index (χ2v) is 5.29. The average molecular weight is 351 g/mol. The Labute approximate surface area is 141 Å². The zero-order valence-corrected chi connectivity index (χ0v) is 13.0. The van der Waals surface area contributed by atoms with Crippen molar-refractivity contribution in [1.29, 1.82) is 0 Å². The molecule has 8 nitrogen and oxygen atoms in total. The summed E-state index contributed by atoms with van der Waals surface area (Å²) in [5.74, 6) is -0.180. The number of nitro groups is 1. The van der Waals surface area contributed by atoms with Crippen molar-refractivity contribution in [2.24, 2.45) is 0 Å². The van der Waals surface area contributed by atoms with E-state index in [1.807, 2.05) is 0 Å². The topological polar surface area (TPSA) is 101 Å². The first-order valence-corrected chi connectivity index (χ1v) is 7.22. The molecule has 124 valence electrons. The molecule has 0 bridgehead atoms. The largest absolute Gasteiger partial charge is 0.467 e. The van der Waals surface area contributed by atoms with Crippen molar-refractivity contribution < 1.29 is 23.9 Å². The molecule has 0 saturated carbocycles. The smallest absolute Gasteiger partial charge is 0.340 e. The minimum absolute atomic E-state index is 0.0346. The minimum atomic E-state index is -0.619. The summed E-state index contributed by atoms with van der Waals surface area (Å²) in [5.41, 5.74) is 1.04. The Balaban J connectivity index is 1.81. The molecule has 3 rings (SSSR count). The third-order valence-corrected chi connectivity index (χ3v) is 3.53. The fraction of sp³-hybridized carbons (Fsp3) is 0.200. The molecule has 1 aliphatic heterocycles. The van der Waals surface area contributed by atoms with E-state index in [-0.39, 0.29) is 36.4 Å². The Kier molecular flexibility index (Phi) is 4.59. The van der Waals surface area contributed by atoms with Crippen LogP contribution in [0.5, 0.6) is 5.75 Å². The van der Waals surface area contributed by atoms with Gasteiger partial charge in [-0.25, -0.2) is 9.78 Å². The molecule has 0 saturated heterocycles. The van der Waals surface area contributed by atoms with E-state index in [0.29, 0.717) is 16.9 Å². The maximum absolute atomic E-state index is 12.0. The van der Waals surface area contributed by atoms with E-state index < -0.39 is 10.9 Å². The van der Waals surface area contributed by atoms with Crippen molar-refractivity contribution in [3.63, 3.8) is 0 Å². The predicted molar refractivity (Wildman–Crippen MR) is 81.7 cm³/mol. The van der Waals surface area contributed by atoms with Crippen LogP contribution >= 0.6 is 11.6 Å². The van der Waals surface area contributed by atoms with E-state index in [1.165, 1.54) is 30.5 Å². The lowest BCUT2D eigenvalue weighted by atomic mass is 10.1. The molecule has 1 aromatic carbocycles. The summed E-state index contributed by atoms with van der Waals surface area (Å²) in [6, 6.07) is 5.64. The zero-order valence-electron chi connectivity index (χ0n) is 12.2. The molecule has 0 fully saturated rings. The Morgan fingerprint density at radius 1 is 1.42 bits per heavy atom. The monoisotopic (exact) mass is 350 g/mol. The zero-order chi connectivity index (χ0) is 17.1. The Hall–Kier alpha value is -2.71. The van der Waals surface area contributed by atoms with Crippen molar-refractivity contribution in [2.75, 3.05) is 6.79 Å². The third-order valence-electron chi connectivity index (χ3n) is 3.30. The van der Waals surface area contributed by atoms with Crippen LogP contribution in [0.1, 0.15) is 21.5 Å². The van der Waals surface area contributed by atoms with Crippen molar-refractivity contribution in [2.45, 2.75) is 13.2 Å². The SMILES string of the molecule is O=C(OCc1cc([N+](=O)[O-])cc2c1OCOC2)c1ccc(Cl)nc1. The van der Waals surface area contributed by atoms with Crippen LogP contribution in [-0.2, 0) is 22.7 Å². The van der Waals surface area contributed by atoms with Gasteiger partial charge in [0, 0.05) is 29.5 Å². The summed E-state index contributed by atoms with van der Waals surface area (Å²) >= 11 is 5.66. The molecule has 1 aromatic heterocycles. The molecule has 0 aliphatic carbocycles. The van der Waals surface area contributed by atoms with Gasteiger partial charge in [-0.15, -0.1) is 0 Å². The summed E-state index contributed by atoms with van der Waals surface area (Å²) < 4.78 is 15.7. The second kappa shape index (κ2) is 6.81. The number of hydrogen-bond acceptors (Lipinski definition) is 7. The number of esters is 1. The Bertz CT molecular complexity index is 793.